The van der Waals surface area contributed by atoms with Crippen LogP contribution in [-0.2, 0) is 23.9 Å². The fourth-order valence-corrected chi connectivity index (χ4v) is 10.2. The number of rotatable bonds is 15. The largest absolute Gasteiger partial charge is 0.455 e. The molecular weight excluding hydrogens is 653 g/mol. The molecule has 4 aliphatic carbocycles. The van der Waals surface area contributed by atoms with Crippen LogP contribution < -0.4 is 0 Å². The number of aliphatic hydroxyl groups is 3. The average Bonchev–Trinajstić information content (AvgIpc) is 3.45. The lowest BCUT2D eigenvalue weighted by atomic mass is 9.59. The van der Waals surface area contributed by atoms with Gasteiger partial charge in [0, 0.05) is 59.5 Å². The van der Waals surface area contributed by atoms with Gasteiger partial charge in [-0.3, -0.25) is 9.59 Å². The third kappa shape index (κ3) is 6.76. The first-order valence-electron chi connectivity index (χ1n) is 17.3. The van der Waals surface area contributed by atoms with Crippen LogP contribution in [0.15, 0.2) is 47.6 Å². The Hall–Kier alpha value is -1.89. The van der Waals surface area contributed by atoms with Gasteiger partial charge >= 0.3 is 11.9 Å². The third-order valence-corrected chi connectivity index (χ3v) is 12.8. The highest BCUT2D eigenvalue weighted by atomic mass is 32.2. The van der Waals surface area contributed by atoms with Gasteiger partial charge in [0.1, 0.15) is 11.7 Å². The Morgan fingerprint density at radius 3 is 2.46 bits per heavy atom. The lowest BCUT2D eigenvalue weighted by molar-refractivity contribution is -0.226. The van der Waals surface area contributed by atoms with Gasteiger partial charge in [0.15, 0.2) is 11.4 Å². The zero-order valence-electron chi connectivity index (χ0n) is 29.1. The Labute approximate surface area is 294 Å². The van der Waals surface area contributed by atoms with E-state index in [1.807, 2.05) is 19.9 Å². The Balaban J connectivity index is 1.62. The molecule has 48 heavy (non-hydrogen) atoms. The summed E-state index contributed by atoms with van der Waals surface area (Å²) in [4.78, 5) is 39.3. The highest BCUT2D eigenvalue weighted by Gasteiger charge is 2.87. The van der Waals surface area contributed by atoms with Crippen LogP contribution >= 0.6 is 24.7 Å². The molecule has 0 aromatic heterocycles. The zero-order chi connectivity index (χ0) is 35.7. The molecule has 0 bridgehead atoms. The third-order valence-electron chi connectivity index (χ3n) is 11.6. The smallest absolute Gasteiger partial charge is 0.331 e. The molecule has 4 rings (SSSR count). The number of allylic oxidation sites excluding steroid dienone is 3. The molecule has 0 saturated heterocycles. The topological polar surface area (TPSA) is 151 Å². The number of hydrogen-bond donors (Lipinski definition) is 5. The van der Waals surface area contributed by atoms with E-state index < -0.39 is 76.3 Å². The number of esters is 2. The molecule has 0 aromatic carbocycles. The van der Waals surface area contributed by atoms with Crippen molar-refractivity contribution in [2.45, 2.75) is 115 Å². The minimum absolute atomic E-state index is 0.0172. The summed E-state index contributed by atoms with van der Waals surface area (Å²) in [7, 11) is 0. The van der Waals surface area contributed by atoms with Crippen LogP contribution in [-0.4, -0.2) is 78.1 Å². The van der Waals surface area contributed by atoms with Gasteiger partial charge in [0.25, 0.3) is 0 Å². The van der Waals surface area contributed by atoms with Crippen molar-refractivity contribution in [3.63, 3.8) is 0 Å². The fourth-order valence-electron chi connectivity index (χ4n) is 9.12. The molecule has 0 amide bonds. The van der Waals surface area contributed by atoms with Gasteiger partial charge in [-0.15, -0.1) is 0 Å². The number of hydrogen-bond acceptors (Lipinski definition) is 11. The van der Waals surface area contributed by atoms with Gasteiger partial charge in [-0.05, 0) is 42.5 Å². The van der Waals surface area contributed by atoms with E-state index in [4.69, 9.17) is 22.1 Å². The monoisotopic (exact) mass is 706 g/mol. The number of Topliss-reactive ketones (excluding diaryl/α,β-unsaturated/α-hetero) is 1. The normalized spacial score (nSPS) is 36.4. The molecule has 2 fully saturated rings. The minimum Gasteiger partial charge on any atom is -0.455 e. The Morgan fingerprint density at radius 1 is 1.15 bits per heavy atom. The van der Waals surface area contributed by atoms with E-state index in [9.17, 15) is 34.3 Å². The Bertz CT molecular complexity index is 1350. The molecule has 10 atom stereocenters. The fraction of sp³-hybridized carbons (Fsp3) is 0.703. The summed E-state index contributed by atoms with van der Waals surface area (Å²) in [6, 6.07) is 0. The van der Waals surface area contributed by atoms with E-state index in [-0.39, 0.29) is 17.6 Å². The van der Waals surface area contributed by atoms with Crippen LogP contribution in [0.3, 0.4) is 0 Å². The summed E-state index contributed by atoms with van der Waals surface area (Å²) in [5.74, 6) is -4.56. The summed E-state index contributed by atoms with van der Waals surface area (Å²) >= 11 is 5.54. The van der Waals surface area contributed by atoms with Crippen molar-refractivity contribution in [1.82, 2.24) is 0 Å². The Kier molecular flexibility index (Phi) is 12.3. The molecule has 0 spiro atoms. The second-order valence-electron chi connectivity index (χ2n) is 14.9. The number of carbonyl (C=O) groups is 3. The number of unbranched alkanes of at least 4 members (excludes halogenated alkanes) is 4. The summed E-state index contributed by atoms with van der Waals surface area (Å²) in [6.07, 6.45) is 15.2. The predicted octanol–water partition coefficient (Wildman–Crippen LogP) is 5.65. The maximum atomic E-state index is 13.4. The molecule has 4 N–H and O–H groups in total. The van der Waals surface area contributed by atoms with E-state index in [0.717, 1.165) is 31.3 Å². The summed E-state index contributed by atoms with van der Waals surface area (Å²) in [5.41, 5.74) is -5.12. The molecule has 1 unspecified atom stereocenters. The van der Waals surface area contributed by atoms with Crippen molar-refractivity contribution < 1.29 is 43.7 Å². The summed E-state index contributed by atoms with van der Waals surface area (Å²) < 4.78 is 21.7. The van der Waals surface area contributed by atoms with Crippen LogP contribution in [0.2, 0.25) is 0 Å². The second kappa shape index (κ2) is 15.2. The second-order valence-corrected chi connectivity index (χ2v) is 16.1. The first-order valence-corrected chi connectivity index (χ1v) is 18.7. The standard InChI is InChI=1S/C37H54O9S2/c1-7-8-9-10-11-15-28(47)26(21-48-44)14-12-13-16-30(40)45-33-23(3)36(43)27(31-34(5,6)37(31,33)46-24(4)39)18-25(20-38)19-35(42)29(36)17-22(2)32(35)41/h12-14,16-18,23,26-29,31,33,38,42-44,47H,7-11,15,19-21H2,1-6H3/b14-12+,16-13+/t23-,26?,27+,28-,29-,31-,33-,35-,36-,37-/m1/s1. The van der Waals surface area contributed by atoms with E-state index in [0.29, 0.717) is 16.9 Å². The molecular formula is C37H54O9S2. The van der Waals surface area contributed by atoms with Gasteiger partial charge < -0.3 is 29.3 Å². The van der Waals surface area contributed by atoms with Gasteiger partial charge in [-0.25, -0.2) is 4.79 Å². The first-order chi connectivity index (χ1) is 22.6. The number of ether oxygens (including phenoxy) is 2. The number of carbonyl (C=O) groups excluding carboxylic acids is 3. The van der Waals surface area contributed by atoms with Crippen molar-refractivity contribution >= 4 is 42.4 Å². The van der Waals surface area contributed by atoms with E-state index in [1.54, 1.807) is 38.2 Å². The summed E-state index contributed by atoms with van der Waals surface area (Å²) in [5, 5.41) is 34.9. The van der Waals surface area contributed by atoms with Crippen LogP contribution in [0.4, 0.5) is 0 Å². The lowest BCUT2D eigenvalue weighted by Gasteiger charge is -2.53. The highest BCUT2D eigenvalue weighted by Crippen LogP contribution is 2.77. The molecule has 0 aromatic rings. The van der Waals surface area contributed by atoms with Crippen LogP contribution in [0.25, 0.3) is 0 Å². The molecule has 4 aliphatic rings. The SMILES string of the molecule is CCCCCCC[C@@H](S)C(/C=C/C=C/C(=O)O[C@@H]1[C@@H](C)[C@@]2(O)[C@@H](C=C(CO)C[C@]3(O)C(=O)C(C)=C[C@@H]23)[C@@H]2C(C)(C)[C@]12OC(C)=O)CSO. The molecule has 11 heteroatoms. The Morgan fingerprint density at radius 2 is 1.83 bits per heavy atom. The molecule has 0 heterocycles. The van der Waals surface area contributed by atoms with Crippen LogP contribution in [0, 0.1) is 35.0 Å². The maximum Gasteiger partial charge on any atom is 0.331 e. The maximum absolute atomic E-state index is 13.4. The number of thiol groups is 1. The number of fused-ring (bicyclic) bond motifs is 5. The molecule has 268 valence electrons. The van der Waals surface area contributed by atoms with Crippen molar-refractivity contribution in [2.75, 3.05) is 12.4 Å². The van der Waals surface area contributed by atoms with E-state index >= 15 is 0 Å². The average molecular weight is 707 g/mol. The van der Waals surface area contributed by atoms with Crippen molar-refractivity contribution in [3.8, 4) is 0 Å². The molecule has 0 radical (unpaired) electrons. The summed E-state index contributed by atoms with van der Waals surface area (Å²) in [6.45, 7) is 10.1. The van der Waals surface area contributed by atoms with E-state index in [2.05, 4.69) is 6.92 Å². The highest BCUT2D eigenvalue weighted by molar-refractivity contribution is 7.93. The minimum atomic E-state index is -1.99. The van der Waals surface area contributed by atoms with Crippen molar-refractivity contribution in [3.05, 3.63) is 47.6 Å². The zero-order valence-corrected chi connectivity index (χ0v) is 30.8. The van der Waals surface area contributed by atoms with Gasteiger partial charge in [0.05, 0.1) is 12.2 Å². The molecule has 2 saturated carbocycles. The predicted molar refractivity (Wildman–Crippen MR) is 189 cm³/mol. The van der Waals surface area contributed by atoms with Gasteiger partial charge in [0.2, 0.25) is 0 Å². The van der Waals surface area contributed by atoms with Gasteiger partial charge in [-0.2, -0.15) is 12.6 Å². The number of ketones is 1. The quantitative estimate of drug-likeness (QED) is 0.0275. The van der Waals surface area contributed by atoms with Crippen molar-refractivity contribution in [1.29, 1.82) is 0 Å². The number of aliphatic hydroxyl groups excluding tert-OH is 1. The van der Waals surface area contributed by atoms with Gasteiger partial charge in [-0.1, -0.05) is 90.2 Å². The van der Waals surface area contributed by atoms with E-state index in [1.165, 1.54) is 32.3 Å². The molecule has 0 aliphatic heterocycles. The lowest BCUT2D eigenvalue weighted by Crippen LogP contribution is -2.66. The first kappa shape index (κ1) is 38.9. The van der Waals surface area contributed by atoms with Crippen LogP contribution in [0.1, 0.15) is 86.5 Å². The van der Waals surface area contributed by atoms with Crippen molar-refractivity contribution in [2.24, 2.45) is 35.0 Å². The van der Waals surface area contributed by atoms with Crippen LogP contribution in [0.5, 0.6) is 0 Å². The molecule has 9 nitrogen and oxygen atoms in total.